The highest BCUT2D eigenvalue weighted by Gasteiger charge is 1.95. The van der Waals surface area contributed by atoms with Crippen LogP contribution in [0.2, 0.25) is 0 Å². The Morgan fingerprint density at radius 2 is 0.818 bits per heavy atom. The van der Waals surface area contributed by atoms with Crippen LogP contribution in [0.1, 0.15) is 11.1 Å². The minimum atomic E-state index is 0.802. The van der Waals surface area contributed by atoms with E-state index in [9.17, 15) is 0 Å². The summed E-state index contributed by atoms with van der Waals surface area (Å²) in [4.78, 5) is 0. The van der Waals surface area contributed by atoms with Gasteiger partial charge in [0.1, 0.15) is 0 Å². The summed E-state index contributed by atoms with van der Waals surface area (Å²) < 4.78 is 0. The molecule has 0 unspecified atom stereocenters. The van der Waals surface area contributed by atoms with Crippen molar-refractivity contribution in [1.82, 2.24) is 0 Å². The summed E-state index contributed by atoms with van der Waals surface area (Å²) in [7, 11) is 0. The lowest BCUT2D eigenvalue weighted by molar-refractivity contribution is 1.19. The Hall–Kier alpha value is -2.94. The van der Waals surface area contributed by atoms with Crippen LogP contribution < -0.4 is 17.2 Å². The number of nitrogens with two attached hydrogens (primary N) is 3. The second-order valence-electron chi connectivity index (χ2n) is 5.07. The van der Waals surface area contributed by atoms with E-state index in [1.165, 1.54) is 11.1 Å². The van der Waals surface area contributed by atoms with E-state index >= 15 is 0 Å². The Morgan fingerprint density at radius 1 is 0.455 bits per heavy atom. The Labute approximate surface area is 131 Å². The Bertz CT molecular complexity index is 631. The molecular formula is C19H21N3. The molecule has 3 heteroatoms. The van der Waals surface area contributed by atoms with Gasteiger partial charge in [-0.05, 0) is 53.9 Å². The molecule has 3 nitrogen and oxygen atoms in total. The van der Waals surface area contributed by atoms with Crippen molar-refractivity contribution in [2.75, 3.05) is 17.2 Å². The molecule has 0 aliphatic rings. The van der Waals surface area contributed by atoms with Crippen LogP contribution >= 0.6 is 0 Å². The first-order valence-corrected chi connectivity index (χ1v) is 7.13. The van der Waals surface area contributed by atoms with Crippen LogP contribution in [0.3, 0.4) is 0 Å². The largest absolute Gasteiger partial charge is 0.399 e. The van der Waals surface area contributed by atoms with E-state index in [4.69, 9.17) is 17.2 Å². The molecule has 3 aromatic rings. The van der Waals surface area contributed by atoms with Crippen LogP contribution in [0.25, 0.3) is 0 Å². The first-order valence-electron chi connectivity index (χ1n) is 7.13. The van der Waals surface area contributed by atoms with E-state index in [-0.39, 0.29) is 0 Å². The highest BCUT2D eigenvalue weighted by molar-refractivity contribution is 5.43. The van der Waals surface area contributed by atoms with Crippen LogP contribution in [-0.2, 0) is 6.42 Å². The van der Waals surface area contributed by atoms with Crippen LogP contribution in [-0.4, -0.2) is 0 Å². The van der Waals surface area contributed by atoms with Crippen molar-refractivity contribution in [2.45, 2.75) is 6.42 Å². The molecule has 112 valence electrons. The lowest BCUT2D eigenvalue weighted by atomic mass is 10.0. The summed E-state index contributed by atoms with van der Waals surface area (Å²) in [6.07, 6.45) is 0.917. The molecule has 0 aliphatic carbocycles. The molecule has 0 spiro atoms. The summed E-state index contributed by atoms with van der Waals surface area (Å²) in [5.41, 5.74) is 21.5. The third-order valence-electron chi connectivity index (χ3n) is 3.17. The quantitative estimate of drug-likeness (QED) is 0.630. The monoisotopic (exact) mass is 291 g/mol. The van der Waals surface area contributed by atoms with E-state index in [1.54, 1.807) is 0 Å². The van der Waals surface area contributed by atoms with Crippen LogP contribution in [0.15, 0.2) is 78.9 Å². The lowest BCUT2D eigenvalue weighted by Crippen LogP contribution is -1.90. The van der Waals surface area contributed by atoms with E-state index in [1.807, 2.05) is 78.9 Å². The molecule has 22 heavy (non-hydrogen) atoms. The third kappa shape index (κ3) is 5.21. The van der Waals surface area contributed by atoms with E-state index in [2.05, 4.69) is 0 Å². The number of nitrogen functional groups attached to an aromatic ring is 3. The summed E-state index contributed by atoms with van der Waals surface area (Å²) in [5.74, 6) is 0. The molecule has 6 N–H and O–H groups in total. The molecule has 0 saturated heterocycles. The number of anilines is 3. The van der Waals surface area contributed by atoms with E-state index < -0.39 is 0 Å². The van der Waals surface area contributed by atoms with Gasteiger partial charge in [0.15, 0.2) is 0 Å². The number of hydrogen-bond acceptors (Lipinski definition) is 3. The zero-order valence-electron chi connectivity index (χ0n) is 12.4. The maximum absolute atomic E-state index is 5.62. The fourth-order valence-electron chi connectivity index (χ4n) is 1.96. The van der Waals surface area contributed by atoms with Crippen molar-refractivity contribution < 1.29 is 0 Å². The van der Waals surface area contributed by atoms with Crippen molar-refractivity contribution in [1.29, 1.82) is 0 Å². The topological polar surface area (TPSA) is 78.1 Å². The van der Waals surface area contributed by atoms with Crippen molar-refractivity contribution in [3.8, 4) is 0 Å². The average Bonchev–Trinajstić information content (AvgIpc) is 2.53. The van der Waals surface area contributed by atoms with Gasteiger partial charge < -0.3 is 17.2 Å². The number of benzene rings is 3. The van der Waals surface area contributed by atoms with Crippen LogP contribution in [0.5, 0.6) is 0 Å². The minimum Gasteiger partial charge on any atom is -0.399 e. The molecule has 3 aromatic carbocycles. The fraction of sp³-hybridized carbons (Fsp3) is 0.0526. The highest BCUT2D eigenvalue weighted by Crippen LogP contribution is 2.13. The Morgan fingerprint density at radius 3 is 1.14 bits per heavy atom. The first-order chi connectivity index (χ1) is 10.6. The molecule has 0 radical (unpaired) electrons. The SMILES string of the molecule is Nc1ccc(Cc2ccc(N)cc2)cc1.Nc1ccccc1. The fourth-order valence-corrected chi connectivity index (χ4v) is 1.96. The average molecular weight is 291 g/mol. The zero-order chi connectivity index (χ0) is 15.8. The molecule has 0 aromatic heterocycles. The summed E-state index contributed by atoms with van der Waals surface area (Å²) in [6.45, 7) is 0. The normalized spacial score (nSPS) is 9.64. The van der Waals surface area contributed by atoms with Gasteiger partial charge in [0, 0.05) is 17.1 Å². The van der Waals surface area contributed by atoms with Crippen LogP contribution in [0, 0.1) is 0 Å². The molecule has 0 fully saturated rings. The second kappa shape index (κ2) is 7.74. The highest BCUT2D eigenvalue weighted by atomic mass is 14.5. The van der Waals surface area contributed by atoms with Crippen molar-refractivity contribution in [3.63, 3.8) is 0 Å². The lowest BCUT2D eigenvalue weighted by Gasteiger charge is -2.02. The molecule has 0 bridgehead atoms. The van der Waals surface area contributed by atoms with Gasteiger partial charge in [-0.15, -0.1) is 0 Å². The number of rotatable bonds is 2. The summed E-state index contributed by atoms with van der Waals surface area (Å²) in [6, 6.07) is 25.4. The minimum absolute atomic E-state index is 0.802. The molecule has 0 heterocycles. The van der Waals surface area contributed by atoms with E-state index in [0.29, 0.717) is 0 Å². The molecule has 0 aliphatic heterocycles. The van der Waals surface area contributed by atoms with Gasteiger partial charge in [-0.2, -0.15) is 0 Å². The predicted octanol–water partition coefficient (Wildman–Crippen LogP) is 3.71. The van der Waals surface area contributed by atoms with Gasteiger partial charge >= 0.3 is 0 Å². The van der Waals surface area contributed by atoms with E-state index in [0.717, 1.165) is 23.5 Å². The summed E-state index contributed by atoms with van der Waals surface area (Å²) >= 11 is 0. The molecular weight excluding hydrogens is 270 g/mol. The summed E-state index contributed by atoms with van der Waals surface area (Å²) in [5, 5.41) is 0. The second-order valence-corrected chi connectivity index (χ2v) is 5.07. The number of hydrogen-bond donors (Lipinski definition) is 3. The molecule has 0 amide bonds. The standard InChI is InChI=1S/C13H14N2.C6H7N/c14-12-5-1-10(2-6-12)9-11-3-7-13(15)8-4-11;7-6-4-2-1-3-5-6/h1-8H,9,14-15H2;1-5H,7H2. The van der Waals surface area contributed by atoms with Crippen LogP contribution in [0.4, 0.5) is 17.1 Å². The molecule has 0 atom stereocenters. The maximum atomic E-state index is 5.62. The van der Waals surface area contributed by atoms with Gasteiger partial charge in [-0.25, -0.2) is 0 Å². The Balaban J connectivity index is 0.000000211. The van der Waals surface area contributed by atoms with Crippen molar-refractivity contribution in [3.05, 3.63) is 90.0 Å². The predicted molar refractivity (Wildman–Crippen MR) is 95.4 cm³/mol. The number of para-hydroxylation sites is 1. The first kappa shape index (κ1) is 15.4. The Kier molecular flexibility index (Phi) is 5.44. The molecule has 3 rings (SSSR count). The van der Waals surface area contributed by atoms with Gasteiger partial charge in [-0.3, -0.25) is 0 Å². The molecule has 0 saturated carbocycles. The van der Waals surface area contributed by atoms with Gasteiger partial charge in [-0.1, -0.05) is 42.5 Å². The zero-order valence-corrected chi connectivity index (χ0v) is 12.4. The third-order valence-corrected chi connectivity index (χ3v) is 3.17. The maximum Gasteiger partial charge on any atom is 0.0314 e. The van der Waals surface area contributed by atoms with Gasteiger partial charge in [0.05, 0.1) is 0 Å². The van der Waals surface area contributed by atoms with Crippen molar-refractivity contribution >= 4 is 17.1 Å². The van der Waals surface area contributed by atoms with Gasteiger partial charge in [0.2, 0.25) is 0 Å². The van der Waals surface area contributed by atoms with Crippen molar-refractivity contribution in [2.24, 2.45) is 0 Å². The van der Waals surface area contributed by atoms with Gasteiger partial charge in [0.25, 0.3) is 0 Å². The smallest absolute Gasteiger partial charge is 0.0314 e.